The van der Waals surface area contributed by atoms with E-state index >= 15 is 0 Å². The number of hydrogen-bond donors (Lipinski definition) is 0. The molecule has 1 aliphatic heterocycles. The second-order valence-electron chi connectivity index (χ2n) is 4.84. The highest BCUT2D eigenvalue weighted by molar-refractivity contribution is 7.89. The van der Waals surface area contributed by atoms with E-state index in [0.717, 1.165) is 6.20 Å². The molecule has 0 aromatic rings. The minimum absolute atomic E-state index is 0.276. The molecular weight excluding hydrogens is 352 g/mol. The predicted octanol–water partition coefficient (Wildman–Crippen LogP) is 3.08. The van der Waals surface area contributed by atoms with Crippen LogP contribution < -0.4 is 0 Å². The molecule has 0 aromatic heterocycles. The molecule has 0 bridgehead atoms. The molecule has 0 radical (unpaired) electrons. The van der Waals surface area contributed by atoms with Gasteiger partial charge in [0.1, 0.15) is 12.4 Å². The molecule has 0 saturated carbocycles. The number of unbranched alkanes of at least 4 members (excludes halogenated alkanes) is 1. The highest BCUT2D eigenvalue weighted by Gasteiger charge is 2.68. The molecule has 0 N–H and O–H groups in total. The maximum absolute atomic E-state index is 13.1. The van der Waals surface area contributed by atoms with Crippen LogP contribution in [0.2, 0.25) is 0 Å². The highest BCUT2D eigenvalue weighted by atomic mass is 32.2. The number of quaternary nitrogens is 1. The van der Waals surface area contributed by atoms with Gasteiger partial charge in [-0.3, -0.25) is 0 Å². The summed E-state index contributed by atoms with van der Waals surface area (Å²) in [5.74, 6) is 0. The molecule has 0 spiro atoms. The van der Waals surface area contributed by atoms with Gasteiger partial charge in [0, 0.05) is 6.54 Å². The summed E-state index contributed by atoms with van der Waals surface area (Å²) in [6.07, 6.45) is -2.16. The first-order valence-electron chi connectivity index (χ1n) is 6.45. The van der Waals surface area contributed by atoms with Crippen LogP contribution in [0.15, 0.2) is 25.2 Å². The summed E-state index contributed by atoms with van der Waals surface area (Å²) in [7, 11) is -6.66. The smallest absolute Gasteiger partial charge is 0.324 e. The fraction of sp³-hybridized carbons (Fsp3) is 0.636. The van der Waals surface area contributed by atoms with E-state index < -0.39 is 37.5 Å². The molecule has 1 unspecified atom stereocenters. The summed E-state index contributed by atoms with van der Waals surface area (Å²) < 4.78 is 97.0. The Morgan fingerprint density at radius 3 is 2.26 bits per heavy atom. The molecule has 1 aliphatic rings. The van der Waals surface area contributed by atoms with Crippen molar-refractivity contribution in [2.45, 2.75) is 31.6 Å². The number of nitrogens with zero attached hydrogens (tertiary/aromatic N) is 3. The highest BCUT2D eigenvalue weighted by Crippen LogP contribution is 2.41. The van der Waals surface area contributed by atoms with Gasteiger partial charge >= 0.3 is 21.8 Å². The summed E-state index contributed by atoms with van der Waals surface area (Å²) in [4.78, 5) is 1.30. The zero-order valence-corrected chi connectivity index (χ0v) is 12.9. The van der Waals surface area contributed by atoms with Crippen LogP contribution in [0.3, 0.4) is 0 Å². The van der Waals surface area contributed by atoms with Gasteiger partial charge in [-0.05, 0) is 13.0 Å². The lowest BCUT2D eigenvalue weighted by Crippen LogP contribution is -2.64. The van der Waals surface area contributed by atoms with E-state index in [1.165, 1.54) is 4.90 Å². The summed E-state index contributed by atoms with van der Waals surface area (Å²) in [6, 6.07) is 0. The molecule has 23 heavy (non-hydrogen) atoms. The lowest BCUT2D eigenvalue weighted by Gasteiger charge is -2.37. The third-order valence-electron chi connectivity index (χ3n) is 3.13. The van der Waals surface area contributed by atoms with Crippen molar-refractivity contribution in [3.05, 3.63) is 25.2 Å². The van der Waals surface area contributed by atoms with Crippen LogP contribution in [0.1, 0.15) is 19.8 Å². The minimum atomic E-state index is -6.66. The van der Waals surface area contributed by atoms with Crippen molar-refractivity contribution in [2.75, 3.05) is 13.2 Å². The Kier molecular flexibility index (Phi) is 5.43. The van der Waals surface area contributed by atoms with E-state index in [2.05, 4.69) is 6.58 Å². The number of alkyl halides is 6. The van der Waals surface area contributed by atoms with Gasteiger partial charge in [-0.1, -0.05) is 13.3 Å². The zero-order valence-electron chi connectivity index (χ0n) is 12.1. The van der Waals surface area contributed by atoms with Crippen LogP contribution in [-0.4, -0.2) is 47.3 Å². The normalized spacial score (nSPS) is 22.9. The number of halogens is 6. The van der Waals surface area contributed by atoms with Crippen LogP contribution in [0.4, 0.5) is 26.3 Å². The molecule has 1 atom stereocenters. The van der Waals surface area contributed by atoms with E-state index in [4.69, 9.17) is 0 Å². The number of rotatable bonds is 6. The Morgan fingerprint density at radius 2 is 1.87 bits per heavy atom. The SMILES string of the molecule is C=C[N+]1(N(C(F)(F)F)S(=O)(=O)C(F)(F)F)C=CN(CCCC)C1. The van der Waals surface area contributed by atoms with E-state index in [-0.39, 0.29) is 6.54 Å². The Hall–Kier alpha value is -1.27. The second kappa shape index (κ2) is 6.32. The molecule has 0 amide bonds. The van der Waals surface area contributed by atoms with Crippen LogP contribution >= 0.6 is 0 Å². The largest absolute Gasteiger partial charge is 0.520 e. The molecule has 134 valence electrons. The Balaban J connectivity index is 3.33. The molecular formula is C11H16F6N3O2S+. The van der Waals surface area contributed by atoms with Crippen molar-refractivity contribution < 1.29 is 39.4 Å². The zero-order chi connectivity index (χ0) is 18.1. The van der Waals surface area contributed by atoms with Gasteiger partial charge in [-0.25, -0.2) is 0 Å². The fourth-order valence-electron chi connectivity index (χ4n) is 2.06. The van der Waals surface area contributed by atoms with Gasteiger partial charge in [-0.2, -0.15) is 39.4 Å². The quantitative estimate of drug-likeness (QED) is 0.411. The Labute approximate surface area is 129 Å². The average Bonchev–Trinajstić information content (AvgIpc) is 2.77. The topological polar surface area (TPSA) is 40.6 Å². The van der Waals surface area contributed by atoms with Gasteiger partial charge in [0.2, 0.25) is 0 Å². The second-order valence-corrected chi connectivity index (χ2v) is 6.60. The van der Waals surface area contributed by atoms with Crippen molar-refractivity contribution >= 4 is 10.0 Å². The fourth-order valence-corrected chi connectivity index (χ4v) is 3.10. The van der Waals surface area contributed by atoms with Gasteiger partial charge in [0.05, 0.1) is 10.6 Å². The number of hydrogen-bond acceptors (Lipinski definition) is 3. The minimum Gasteiger partial charge on any atom is -0.324 e. The average molecular weight is 368 g/mol. The van der Waals surface area contributed by atoms with E-state index in [1.807, 2.05) is 6.92 Å². The van der Waals surface area contributed by atoms with Gasteiger partial charge in [0.15, 0.2) is 6.67 Å². The maximum atomic E-state index is 13.1. The molecule has 0 fully saturated rings. The maximum Gasteiger partial charge on any atom is 0.520 e. The van der Waals surface area contributed by atoms with Gasteiger partial charge in [-0.15, -0.1) is 0 Å². The molecule has 0 aliphatic carbocycles. The third kappa shape index (κ3) is 3.80. The summed E-state index contributed by atoms with van der Waals surface area (Å²) >= 11 is 0. The predicted molar refractivity (Wildman–Crippen MR) is 68.9 cm³/mol. The van der Waals surface area contributed by atoms with Crippen LogP contribution in [0, 0.1) is 0 Å². The lowest BCUT2D eigenvalue weighted by atomic mass is 10.3. The van der Waals surface area contributed by atoms with E-state index in [0.29, 0.717) is 25.2 Å². The van der Waals surface area contributed by atoms with E-state index in [9.17, 15) is 34.8 Å². The van der Waals surface area contributed by atoms with Crippen LogP contribution in [0.25, 0.3) is 0 Å². The molecule has 12 heteroatoms. The summed E-state index contributed by atoms with van der Waals surface area (Å²) in [5.41, 5.74) is -6.10. The molecule has 1 heterocycles. The third-order valence-corrected chi connectivity index (χ3v) is 4.69. The van der Waals surface area contributed by atoms with Crippen molar-refractivity contribution in [1.82, 2.24) is 9.31 Å². The molecule has 1 rings (SSSR count). The van der Waals surface area contributed by atoms with Gasteiger partial charge in [0.25, 0.3) is 0 Å². The standard InChI is InChI=1S/C11H16F6N3O2S/c1-3-5-6-18-7-8-20(4-2,9-18)19(10(12,13)14)23(21,22)11(15,16)17/h4,7-8H,2-3,5-6,9H2,1H3/q+1. The summed E-state index contributed by atoms with van der Waals surface area (Å²) in [6.45, 7) is 4.53. The Bertz CT molecular complexity index is 571. The monoisotopic (exact) mass is 368 g/mol. The first-order chi connectivity index (χ1) is 10.3. The van der Waals surface area contributed by atoms with Crippen molar-refractivity contribution in [3.8, 4) is 0 Å². The number of sulfonamides is 1. The van der Waals surface area contributed by atoms with Crippen molar-refractivity contribution in [3.63, 3.8) is 0 Å². The van der Waals surface area contributed by atoms with Crippen LogP contribution in [0.5, 0.6) is 0 Å². The van der Waals surface area contributed by atoms with Gasteiger partial charge < -0.3 is 4.90 Å². The first-order valence-corrected chi connectivity index (χ1v) is 7.89. The molecule has 5 nitrogen and oxygen atoms in total. The van der Waals surface area contributed by atoms with Crippen molar-refractivity contribution in [1.29, 1.82) is 0 Å². The molecule has 0 saturated heterocycles. The van der Waals surface area contributed by atoms with E-state index in [1.54, 1.807) is 0 Å². The lowest BCUT2D eigenvalue weighted by molar-refractivity contribution is -0.950. The van der Waals surface area contributed by atoms with Crippen molar-refractivity contribution in [2.24, 2.45) is 0 Å². The first kappa shape index (κ1) is 19.8. The summed E-state index contributed by atoms with van der Waals surface area (Å²) in [5, 5.41) is 0. The Morgan fingerprint density at radius 1 is 1.30 bits per heavy atom. The molecule has 0 aromatic carbocycles. The van der Waals surface area contributed by atoms with Crippen LogP contribution in [-0.2, 0) is 10.0 Å².